The summed E-state index contributed by atoms with van der Waals surface area (Å²) < 4.78 is 0.975. The van der Waals surface area contributed by atoms with E-state index >= 15 is 0 Å². The van der Waals surface area contributed by atoms with Crippen LogP contribution in [0, 0.1) is 11.3 Å². The van der Waals surface area contributed by atoms with Crippen molar-refractivity contribution < 1.29 is 5.11 Å². The Morgan fingerprint density at radius 1 is 1.25 bits per heavy atom. The fraction of sp³-hybridized carbons (Fsp3) is 0.200. The summed E-state index contributed by atoms with van der Waals surface area (Å²) in [5.74, 6) is 0.632. The molecule has 2 atom stereocenters. The maximum atomic E-state index is 10.3. The third-order valence-corrected chi connectivity index (χ3v) is 3.48. The number of aromatic nitrogens is 1. The van der Waals surface area contributed by atoms with Gasteiger partial charge < -0.3 is 10.4 Å². The lowest BCUT2D eigenvalue weighted by molar-refractivity contribution is 0.160. The Hall–Kier alpha value is -1.90. The number of aliphatic hydroxyl groups excluding tert-OH is 1. The van der Waals surface area contributed by atoms with Crippen LogP contribution in [0.25, 0.3) is 0 Å². The van der Waals surface area contributed by atoms with Crippen LogP contribution >= 0.6 is 15.9 Å². The van der Waals surface area contributed by atoms with Crippen molar-refractivity contribution in [2.75, 3.05) is 5.32 Å². The summed E-state index contributed by atoms with van der Waals surface area (Å²) in [5.41, 5.74) is 1.35. The predicted octanol–water partition coefficient (Wildman–Crippen LogP) is 3.25. The van der Waals surface area contributed by atoms with Crippen molar-refractivity contribution >= 4 is 21.7 Å². The normalized spacial score (nSPS) is 13.3. The number of pyridine rings is 1. The second-order valence-electron chi connectivity index (χ2n) is 4.47. The molecular weight excluding hydrogens is 318 g/mol. The number of nitrogens with zero attached hydrogens (tertiary/aromatic N) is 2. The van der Waals surface area contributed by atoms with Gasteiger partial charge in [-0.05, 0) is 36.8 Å². The third kappa shape index (κ3) is 3.56. The van der Waals surface area contributed by atoms with E-state index in [-0.39, 0.29) is 6.04 Å². The lowest BCUT2D eigenvalue weighted by Gasteiger charge is -2.21. The molecule has 0 fully saturated rings. The number of hydrogen-bond donors (Lipinski definition) is 2. The molecule has 4 nitrogen and oxygen atoms in total. The summed E-state index contributed by atoms with van der Waals surface area (Å²) in [6, 6.07) is 12.8. The van der Waals surface area contributed by atoms with Crippen LogP contribution in [-0.2, 0) is 0 Å². The first-order chi connectivity index (χ1) is 9.60. The van der Waals surface area contributed by atoms with Crippen LogP contribution in [0.5, 0.6) is 0 Å². The first-order valence-corrected chi connectivity index (χ1v) is 6.95. The van der Waals surface area contributed by atoms with E-state index in [9.17, 15) is 5.11 Å². The van der Waals surface area contributed by atoms with Crippen LogP contribution < -0.4 is 5.32 Å². The number of nitriles is 1. The zero-order chi connectivity index (χ0) is 14.5. The van der Waals surface area contributed by atoms with Crippen LogP contribution in [0.15, 0.2) is 47.1 Å². The van der Waals surface area contributed by atoms with Crippen molar-refractivity contribution in [3.8, 4) is 6.07 Å². The van der Waals surface area contributed by atoms with Gasteiger partial charge >= 0.3 is 0 Å². The highest BCUT2D eigenvalue weighted by molar-refractivity contribution is 9.10. The molecule has 2 N–H and O–H groups in total. The first-order valence-electron chi connectivity index (χ1n) is 6.16. The Kier molecular flexibility index (Phi) is 4.72. The van der Waals surface area contributed by atoms with Crippen LogP contribution in [0.4, 0.5) is 5.82 Å². The monoisotopic (exact) mass is 331 g/mol. The van der Waals surface area contributed by atoms with Crippen LogP contribution in [0.1, 0.15) is 24.2 Å². The van der Waals surface area contributed by atoms with Crippen molar-refractivity contribution in [2.45, 2.75) is 19.1 Å². The number of anilines is 1. The predicted molar refractivity (Wildman–Crippen MR) is 81.1 cm³/mol. The molecule has 0 spiro atoms. The molecular formula is C15H14BrN3O. The molecule has 0 unspecified atom stereocenters. The average Bonchev–Trinajstić information content (AvgIpc) is 2.48. The number of hydrogen-bond acceptors (Lipinski definition) is 4. The van der Waals surface area contributed by atoms with E-state index in [1.165, 1.54) is 6.20 Å². The fourth-order valence-corrected chi connectivity index (χ4v) is 2.07. The van der Waals surface area contributed by atoms with Gasteiger partial charge in [0.05, 0.1) is 17.7 Å². The molecule has 20 heavy (non-hydrogen) atoms. The number of rotatable bonds is 4. The molecule has 5 heteroatoms. The smallest absolute Gasteiger partial charge is 0.126 e. The largest absolute Gasteiger partial charge is 0.386 e. The molecule has 0 amide bonds. The van der Waals surface area contributed by atoms with Gasteiger partial charge in [-0.3, -0.25) is 0 Å². The van der Waals surface area contributed by atoms with E-state index < -0.39 is 6.10 Å². The molecule has 0 aliphatic rings. The third-order valence-electron chi connectivity index (χ3n) is 2.95. The molecule has 1 aromatic carbocycles. The average molecular weight is 332 g/mol. The Morgan fingerprint density at radius 3 is 2.50 bits per heavy atom. The lowest BCUT2D eigenvalue weighted by atomic mass is 10.0. The van der Waals surface area contributed by atoms with Gasteiger partial charge in [0.1, 0.15) is 11.9 Å². The fourth-order valence-electron chi connectivity index (χ4n) is 1.81. The minimum absolute atomic E-state index is 0.198. The van der Waals surface area contributed by atoms with Crippen molar-refractivity contribution in [3.05, 3.63) is 58.2 Å². The molecule has 0 aliphatic carbocycles. The summed E-state index contributed by atoms with van der Waals surface area (Å²) >= 11 is 3.37. The molecule has 0 aliphatic heterocycles. The second-order valence-corrected chi connectivity index (χ2v) is 5.39. The van der Waals surface area contributed by atoms with Crippen molar-refractivity contribution in [1.29, 1.82) is 5.26 Å². The van der Waals surface area contributed by atoms with Gasteiger partial charge in [0.25, 0.3) is 0 Å². The molecule has 1 heterocycles. The maximum Gasteiger partial charge on any atom is 0.126 e. The summed E-state index contributed by atoms with van der Waals surface area (Å²) in [7, 11) is 0. The number of nitrogens with one attached hydrogen (secondary N) is 1. The second kappa shape index (κ2) is 6.51. The highest BCUT2D eigenvalue weighted by Gasteiger charge is 2.16. The lowest BCUT2D eigenvalue weighted by Crippen LogP contribution is -2.24. The van der Waals surface area contributed by atoms with Gasteiger partial charge in [0, 0.05) is 10.7 Å². The minimum atomic E-state index is -0.638. The van der Waals surface area contributed by atoms with E-state index in [4.69, 9.17) is 5.26 Å². The van der Waals surface area contributed by atoms with Gasteiger partial charge in [-0.25, -0.2) is 4.98 Å². The Morgan fingerprint density at radius 2 is 1.95 bits per heavy atom. The maximum absolute atomic E-state index is 10.3. The van der Waals surface area contributed by atoms with E-state index in [0.29, 0.717) is 11.4 Å². The van der Waals surface area contributed by atoms with Crippen LogP contribution in [0.2, 0.25) is 0 Å². The summed E-state index contributed by atoms with van der Waals surface area (Å²) in [6.45, 7) is 1.88. The zero-order valence-corrected chi connectivity index (χ0v) is 12.5. The molecule has 102 valence electrons. The standard InChI is InChI=1S/C15H14BrN3O/c1-10(15(20)12-3-5-13(16)6-4-12)19-14-7-2-11(8-17)9-18-14/h2-7,9-10,15,20H,1H3,(H,18,19)/t10-,15-/m1/s1. The quantitative estimate of drug-likeness (QED) is 0.902. The Labute approximate surface area is 126 Å². The van der Waals surface area contributed by atoms with E-state index in [2.05, 4.69) is 26.2 Å². The summed E-state index contributed by atoms with van der Waals surface area (Å²) in [6.07, 6.45) is 0.863. The highest BCUT2D eigenvalue weighted by atomic mass is 79.9. The summed E-state index contributed by atoms with van der Waals surface area (Å²) in [5, 5.41) is 22.1. The van der Waals surface area contributed by atoms with Gasteiger partial charge in [-0.15, -0.1) is 0 Å². The molecule has 2 rings (SSSR count). The van der Waals surface area contributed by atoms with E-state index in [1.54, 1.807) is 12.1 Å². The molecule has 0 bridgehead atoms. The van der Waals surface area contributed by atoms with E-state index in [0.717, 1.165) is 10.0 Å². The molecule has 1 aromatic heterocycles. The minimum Gasteiger partial charge on any atom is -0.386 e. The van der Waals surface area contributed by atoms with Crippen molar-refractivity contribution in [3.63, 3.8) is 0 Å². The van der Waals surface area contributed by atoms with Gasteiger partial charge in [-0.2, -0.15) is 5.26 Å². The topological polar surface area (TPSA) is 68.9 Å². The van der Waals surface area contributed by atoms with Crippen LogP contribution in [-0.4, -0.2) is 16.1 Å². The highest BCUT2D eigenvalue weighted by Crippen LogP contribution is 2.21. The Balaban J connectivity index is 2.05. The number of aliphatic hydroxyl groups is 1. The number of benzene rings is 1. The Bertz CT molecular complexity index is 605. The van der Waals surface area contributed by atoms with Crippen LogP contribution in [0.3, 0.4) is 0 Å². The molecule has 0 saturated heterocycles. The SMILES string of the molecule is C[C@@H](Nc1ccc(C#N)cn1)[C@@H](O)c1ccc(Br)cc1. The molecule has 0 saturated carbocycles. The molecule has 2 aromatic rings. The van der Waals surface area contributed by atoms with Gasteiger partial charge in [-0.1, -0.05) is 28.1 Å². The molecule has 0 radical (unpaired) electrons. The zero-order valence-electron chi connectivity index (χ0n) is 10.9. The van der Waals surface area contributed by atoms with Crippen molar-refractivity contribution in [1.82, 2.24) is 4.98 Å². The van der Waals surface area contributed by atoms with E-state index in [1.807, 2.05) is 37.3 Å². The van der Waals surface area contributed by atoms with Gasteiger partial charge in [0.15, 0.2) is 0 Å². The van der Waals surface area contributed by atoms with Crippen molar-refractivity contribution in [2.24, 2.45) is 0 Å². The number of halogens is 1. The summed E-state index contributed by atoms with van der Waals surface area (Å²) in [4.78, 5) is 4.13. The first kappa shape index (κ1) is 14.5. The van der Waals surface area contributed by atoms with Gasteiger partial charge in [0.2, 0.25) is 0 Å².